The predicted molar refractivity (Wildman–Crippen MR) is 84.0 cm³/mol. The lowest BCUT2D eigenvalue weighted by Gasteiger charge is -2.20. The van der Waals surface area contributed by atoms with Crippen LogP contribution in [0.1, 0.15) is 30.7 Å². The summed E-state index contributed by atoms with van der Waals surface area (Å²) in [6.45, 7) is -6.85. The van der Waals surface area contributed by atoms with Crippen molar-refractivity contribution in [2.75, 3.05) is 14.0 Å². The molecule has 0 unspecified atom stereocenters. The topological polar surface area (TPSA) is 8.17 Å². The van der Waals surface area contributed by atoms with E-state index in [1.54, 1.807) is 30.1 Å². The summed E-state index contributed by atoms with van der Waals surface area (Å²) in [5.41, 5.74) is 0.600. The molecule has 1 aromatic heterocycles. The number of benzene rings is 1. The zero-order valence-electron chi connectivity index (χ0n) is 18.8. The molecule has 1 fully saturated rings. The number of thioether (sulfide) groups is 1. The van der Waals surface area contributed by atoms with Gasteiger partial charge in [0.15, 0.2) is 0 Å². The minimum Gasteiger partial charge on any atom is -0.346 e. The van der Waals surface area contributed by atoms with Crippen LogP contribution in [0.25, 0.3) is 10.9 Å². The van der Waals surface area contributed by atoms with Crippen LogP contribution in [0.4, 0.5) is 0 Å². The number of aromatic nitrogens is 1. The van der Waals surface area contributed by atoms with Gasteiger partial charge in [-0.15, -0.1) is 11.8 Å². The Morgan fingerprint density at radius 3 is 3.05 bits per heavy atom. The Bertz CT molecular complexity index is 808. The highest BCUT2D eigenvalue weighted by molar-refractivity contribution is 8.00. The van der Waals surface area contributed by atoms with E-state index < -0.39 is 26.5 Å². The Hall–Kier alpha value is -0.930. The van der Waals surface area contributed by atoms with E-state index in [0.717, 1.165) is 10.3 Å². The number of hydrogen-bond donors (Lipinski definition) is 0. The summed E-state index contributed by atoms with van der Waals surface area (Å²) in [7, 11) is 0. The molecule has 3 rings (SSSR count). The van der Waals surface area contributed by atoms with Crippen molar-refractivity contribution in [2.45, 2.75) is 42.4 Å². The van der Waals surface area contributed by atoms with Crippen molar-refractivity contribution in [1.82, 2.24) is 9.47 Å². The number of fused-ring (bicyclic) bond motifs is 1. The maximum atomic E-state index is 8.52. The third-order valence-corrected chi connectivity index (χ3v) is 4.53. The second-order valence-electron chi connectivity index (χ2n) is 4.90. The first-order valence-electron chi connectivity index (χ1n) is 10.4. The molecule has 0 saturated heterocycles. The van der Waals surface area contributed by atoms with Gasteiger partial charge in [-0.3, -0.25) is 0 Å². The second-order valence-corrected chi connectivity index (χ2v) is 6.27. The molecule has 1 aliphatic carbocycles. The van der Waals surface area contributed by atoms with Crippen LogP contribution in [0.15, 0.2) is 35.4 Å². The van der Waals surface area contributed by atoms with E-state index >= 15 is 0 Å². The van der Waals surface area contributed by atoms with E-state index in [-0.39, 0.29) is 0 Å². The second kappa shape index (κ2) is 5.22. The lowest BCUT2D eigenvalue weighted by atomic mass is 10.2. The first kappa shape index (κ1) is 6.68. The van der Waals surface area contributed by atoms with Crippen LogP contribution in [-0.4, -0.2) is 34.7 Å². The molecule has 0 N–H and O–H groups in total. The molecule has 1 aliphatic rings. The minimum atomic E-state index is -2.95. The summed E-state index contributed by atoms with van der Waals surface area (Å²) in [4.78, 5) is 1.41. The van der Waals surface area contributed by atoms with Gasteiger partial charge in [0, 0.05) is 48.0 Å². The van der Waals surface area contributed by atoms with Crippen LogP contribution >= 0.6 is 11.8 Å². The fourth-order valence-electron chi connectivity index (χ4n) is 1.94. The third-order valence-electron chi connectivity index (χ3n) is 3.20. The fourth-order valence-corrected chi connectivity index (χ4v) is 3.04. The molecule has 0 aliphatic heterocycles. The van der Waals surface area contributed by atoms with E-state index in [4.69, 9.17) is 11.0 Å². The quantitative estimate of drug-likeness (QED) is 0.823. The molecule has 1 saturated carbocycles. The number of rotatable bonds is 5. The highest BCUT2D eigenvalue weighted by atomic mass is 32.2. The first-order valence-corrected chi connectivity index (χ1v) is 7.27. The molecule has 19 heavy (non-hydrogen) atoms. The zero-order valence-corrected chi connectivity index (χ0v) is 11.6. The van der Waals surface area contributed by atoms with Crippen molar-refractivity contribution in [3.8, 4) is 0 Å². The average molecular weight is 282 g/mol. The zero-order chi connectivity index (χ0) is 20.2. The molecule has 0 radical (unpaired) electrons. The molecule has 0 amide bonds. The van der Waals surface area contributed by atoms with Crippen molar-refractivity contribution >= 4 is 22.7 Å². The molecular weight excluding hydrogens is 252 g/mol. The van der Waals surface area contributed by atoms with E-state index in [0.29, 0.717) is 15.7 Å². The molecule has 2 aromatic rings. The van der Waals surface area contributed by atoms with E-state index in [9.17, 15) is 0 Å². The van der Waals surface area contributed by atoms with Crippen LogP contribution in [0.5, 0.6) is 0 Å². The predicted octanol–water partition coefficient (Wildman–Crippen LogP) is 3.85. The van der Waals surface area contributed by atoms with Crippen molar-refractivity contribution < 1.29 is 11.0 Å². The lowest BCUT2D eigenvalue weighted by molar-refractivity contribution is 0.286. The molecule has 1 aromatic carbocycles. The summed E-state index contributed by atoms with van der Waals surface area (Å²) >= 11 is 1.80. The van der Waals surface area contributed by atoms with Crippen molar-refractivity contribution in [3.63, 3.8) is 0 Å². The summed E-state index contributed by atoms with van der Waals surface area (Å²) in [5.74, 6) is 0. The average Bonchev–Trinajstić information content (AvgIpc) is 3.20. The molecule has 1 atom stereocenters. The maximum Gasteiger partial charge on any atom is 0.0514 e. The van der Waals surface area contributed by atoms with E-state index in [1.165, 1.54) is 24.3 Å². The van der Waals surface area contributed by atoms with Gasteiger partial charge in [-0.2, -0.15) is 0 Å². The number of likely N-dealkylation sites (N-methyl/N-ethyl adjacent to an activating group) is 1. The van der Waals surface area contributed by atoms with Gasteiger partial charge in [-0.05, 0) is 58.0 Å². The maximum absolute atomic E-state index is 8.52. The number of hydrogen-bond acceptors (Lipinski definition) is 2. The molecule has 0 spiro atoms. The van der Waals surface area contributed by atoms with Crippen molar-refractivity contribution in [2.24, 2.45) is 0 Å². The lowest BCUT2D eigenvalue weighted by Crippen LogP contribution is -2.28. The van der Waals surface area contributed by atoms with Crippen LogP contribution in [0.3, 0.4) is 0 Å². The smallest absolute Gasteiger partial charge is 0.0514 e. The first-order chi connectivity index (χ1) is 12.3. The molecular formula is C16H22N2S. The Balaban J connectivity index is 1.97. The molecule has 102 valence electrons. The number of nitrogens with zero attached hydrogens (tertiary/aromatic N) is 2. The largest absolute Gasteiger partial charge is 0.346 e. The van der Waals surface area contributed by atoms with Crippen molar-refractivity contribution in [3.05, 3.63) is 30.5 Å². The summed E-state index contributed by atoms with van der Waals surface area (Å²) in [6.07, 6.45) is 3.97. The normalized spacial score (nSPS) is 25.6. The van der Waals surface area contributed by atoms with Gasteiger partial charge in [-0.1, -0.05) is 0 Å². The summed E-state index contributed by atoms with van der Waals surface area (Å²) in [5, 5.41) is 1.49. The standard InChI is InChI=1S/C16H22N2S/c1-12(17(2)3)11-18-9-8-13-10-15(6-7-16(13)18)19-14-4-5-14/h6-10,12,14H,4-5,11H2,1-3H3/t12-/m1/s1/i2D3,3D3,11D2. The van der Waals surface area contributed by atoms with Gasteiger partial charge < -0.3 is 9.47 Å². The van der Waals surface area contributed by atoms with E-state index in [1.807, 2.05) is 12.1 Å². The minimum absolute atomic E-state index is 0.295. The SMILES string of the molecule is [2H]C([2H])([2H])N([C@H](C)C([2H])([2H])n1ccc2cc(SC3CC3)ccc21)C([2H])([2H])[2H]. The highest BCUT2D eigenvalue weighted by Gasteiger charge is 2.22. The van der Waals surface area contributed by atoms with Crippen LogP contribution in [0, 0.1) is 0 Å². The highest BCUT2D eigenvalue weighted by Crippen LogP contribution is 2.39. The Morgan fingerprint density at radius 2 is 2.32 bits per heavy atom. The Kier molecular flexibility index (Phi) is 1.83. The molecule has 2 nitrogen and oxygen atoms in total. The van der Waals surface area contributed by atoms with Crippen LogP contribution in [0.2, 0.25) is 0 Å². The fraction of sp³-hybridized carbons (Fsp3) is 0.500. The van der Waals surface area contributed by atoms with Gasteiger partial charge in [0.05, 0.1) is 2.74 Å². The van der Waals surface area contributed by atoms with E-state index in [2.05, 4.69) is 0 Å². The van der Waals surface area contributed by atoms with Gasteiger partial charge in [0.25, 0.3) is 0 Å². The van der Waals surface area contributed by atoms with Crippen LogP contribution in [-0.2, 0) is 6.50 Å². The molecule has 3 heteroatoms. The third kappa shape index (κ3) is 2.98. The monoisotopic (exact) mass is 282 g/mol. The molecule has 1 heterocycles. The van der Waals surface area contributed by atoms with Gasteiger partial charge in [0.1, 0.15) is 0 Å². The summed E-state index contributed by atoms with van der Waals surface area (Å²) < 4.78 is 63.7. The Morgan fingerprint density at radius 1 is 1.47 bits per heavy atom. The van der Waals surface area contributed by atoms with Crippen molar-refractivity contribution in [1.29, 1.82) is 0 Å². The van der Waals surface area contributed by atoms with Gasteiger partial charge in [-0.25, -0.2) is 0 Å². The van der Waals surface area contributed by atoms with Gasteiger partial charge in [0.2, 0.25) is 0 Å². The summed E-state index contributed by atoms with van der Waals surface area (Å²) in [6, 6.07) is 6.08. The molecule has 0 bridgehead atoms. The van der Waals surface area contributed by atoms with Crippen LogP contribution < -0.4 is 0 Å². The Labute approximate surface area is 131 Å². The van der Waals surface area contributed by atoms with Gasteiger partial charge >= 0.3 is 0 Å².